The Labute approximate surface area is 233 Å². The Balaban J connectivity index is 1.18. The first-order valence-corrected chi connectivity index (χ1v) is 13.3. The number of fused-ring (bicyclic) bond motifs is 2. The Morgan fingerprint density at radius 3 is 2.59 bits per heavy atom. The highest BCUT2D eigenvalue weighted by atomic mass is 35.5. The van der Waals surface area contributed by atoms with Crippen molar-refractivity contribution in [1.29, 1.82) is 0 Å². The fraction of sp³-hybridized carbons (Fsp3) is 0.133. The van der Waals surface area contributed by atoms with Crippen molar-refractivity contribution in [1.82, 2.24) is 4.90 Å². The third kappa shape index (κ3) is 5.01. The van der Waals surface area contributed by atoms with Gasteiger partial charge in [0.05, 0.1) is 18.6 Å². The van der Waals surface area contributed by atoms with Gasteiger partial charge in [0.15, 0.2) is 23.0 Å². The Bertz CT molecular complexity index is 1650. The number of hydrogen-bond donors (Lipinski definition) is 0. The average Bonchev–Trinajstić information content (AvgIpc) is 3.51. The zero-order chi connectivity index (χ0) is 26.9. The second-order valence-electron chi connectivity index (χ2n) is 8.90. The van der Waals surface area contributed by atoms with Crippen LogP contribution >= 0.6 is 23.4 Å². The number of benzene rings is 4. The topological polar surface area (TPSA) is 74.3 Å². The van der Waals surface area contributed by atoms with E-state index in [1.54, 1.807) is 37.5 Å². The van der Waals surface area contributed by atoms with E-state index in [-0.39, 0.29) is 18.6 Å². The number of carbonyl (C=O) groups is 2. The molecule has 4 aromatic rings. The number of halogens is 1. The van der Waals surface area contributed by atoms with Crippen molar-refractivity contribution < 1.29 is 28.5 Å². The predicted molar refractivity (Wildman–Crippen MR) is 150 cm³/mol. The van der Waals surface area contributed by atoms with Crippen molar-refractivity contribution in [3.05, 3.63) is 99.4 Å². The minimum atomic E-state index is -0.394. The van der Waals surface area contributed by atoms with E-state index < -0.39 is 5.91 Å². The second-order valence-corrected chi connectivity index (χ2v) is 10.3. The molecule has 4 aromatic carbocycles. The molecule has 7 nitrogen and oxygen atoms in total. The molecule has 196 valence electrons. The highest BCUT2D eigenvalue weighted by Crippen LogP contribution is 2.40. The highest BCUT2D eigenvalue weighted by Gasteiger charge is 2.35. The molecular formula is C30H22ClNO6S. The maximum atomic E-state index is 13.1. The lowest BCUT2D eigenvalue weighted by molar-refractivity contribution is -0.123. The summed E-state index contributed by atoms with van der Waals surface area (Å²) in [7, 11) is 1.56. The number of carbonyl (C=O) groups excluding carboxylic acids is 2. The van der Waals surface area contributed by atoms with Gasteiger partial charge in [0.2, 0.25) is 6.79 Å². The summed E-state index contributed by atoms with van der Waals surface area (Å²) in [5.41, 5.74) is 2.37. The summed E-state index contributed by atoms with van der Waals surface area (Å²) in [4.78, 5) is 27.3. The molecular weight excluding hydrogens is 538 g/mol. The van der Waals surface area contributed by atoms with Crippen LogP contribution in [0.1, 0.15) is 16.7 Å². The summed E-state index contributed by atoms with van der Waals surface area (Å²) in [5, 5.41) is 2.30. The molecule has 1 fully saturated rings. The Morgan fingerprint density at radius 2 is 1.74 bits per heavy atom. The van der Waals surface area contributed by atoms with E-state index in [1.807, 2.05) is 30.3 Å². The third-order valence-corrected chi connectivity index (χ3v) is 7.75. The number of amides is 2. The summed E-state index contributed by atoms with van der Waals surface area (Å²) >= 11 is 7.24. The molecule has 0 N–H and O–H groups in total. The van der Waals surface area contributed by atoms with Gasteiger partial charge >= 0.3 is 0 Å². The molecule has 0 aliphatic carbocycles. The number of ether oxygens (including phenoxy) is 4. The molecule has 2 heterocycles. The van der Waals surface area contributed by atoms with Crippen LogP contribution in [0.25, 0.3) is 16.8 Å². The van der Waals surface area contributed by atoms with Crippen LogP contribution in [0.2, 0.25) is 5.02 Å². The molecule has 9 heteroatoms. The summed E-state index contributed by atoms with van der Waals surface area (Å²) in [6.07, 6.45) is 1.67. The van der Waals surface area contributed by atoms with Crippen LogP contribution in [-0.2, 0) is 17.9 Å². The zero-order valence-electron chi connectivity index (χ0n) is 20.8. The van der Waals surface area contributed by atoms with E-state index in [9.17, 15) is 9.59 Å². The van der Waals surface area contributed by atoms with Gasteiger partial charge in [-0.2, -0.15) is 0 Å². The Hall–Kier alpha value is -4.14. The summed E-state index contributed by atoms with van der Waals surface area (Å²) < 4.78 is 22.4. The van der Waals surface area contributed by atoms with Crippen molar-refractivity contribution in [2.75, 3.05) is 13.9 Å². The highest BCUT2D eigenvalue weighted by molar-refractivity contribution is 8.18. The molecule has 2 amide bonds. The molecule has 0 saturated carbocycles. The fourth-order valence-electron chi connectivity index (χ4n) is 4.51. The molecule has 0 radical (unpaired) electrons. The van der Waals surface area contributed by atoms with E-state index in [0.717, 1.165) is 28.1 Å². The number of hydrogen-bond acceptors (Lipinski definition) is 7. The van der Waals surface area contributed by atoms with E-state index in [2.05, 4.69) is 18.2 Å². The van der Waals surface area contributed by atoms with Gasteiger partial charge in [-0.05, 0) is 63.5 Å². The number of methoxy groups -OCH3 is 1. The van der Waals surface area contributed by atoms with Gasteiger partial charge in [-0.15, -0.1) is 0 Å². The molecule has 2 aliphatic heterocycles. The fourth-order valence-corrected chi connectivity index (χ4v) is 5.56. The molecule has 0 atom stereocenters. The van der Waals surface area contributed by atoms with E-state index in [4.69, 9.17) is 30.5 Å². The number of thioether (sulfide) groups is 1. The van der Waals surface area contributed by atoms with Crippen molar-refractivity contribution >= 4 is 51.4 Å². The van der Waals surface area contributed by atoms with Crippen LogP contribution in [0.3, 0.4) is 0 Å². The summed E-state index contributed by atoms with van der Waals surface area (Å²) in [5.74, 6) is 1.78. The lowest BCUT2D eigenvalue weighted by Crippen LogP contribution is -2.27. The van der Waals surface area contributed by atoms with Gasteiger partial charge in [-0.1, -0.05) is 60.1 Å². The van der Waals surface area contributed by atoms with Crippen LogP contribution in [0.5, 0.6) is 23.0 Å². The number of nitrogens with zero attached hydrogens (tertiary/aromatic N) is 1. The summed E-state index contributed by atoms with van der Waals surface area (Å²) in [6.45, 7) is 0.510. The second kappa shape index (κ2) is 10.6. The van der Waals surface area contributed by atoms with E-state index in [0.29, 0.717) is 50.7 Å². The number of rotatable bonds is 7. The standard InChI is InChI=1S/C30H22ClNO6S/c1-35-25-11-18(9-10-24(25)36-16-20-7-4-6-19-5-2-3-8-22(19)20)12-28-29(33)32(30(34)39-28)15-21-13-26-27(14-23(21)31)38-17-37-26/h2-14H,15-17H2,1H3/b28-12-. The minimum Gasteiger partial charge on any atom is -0.493 e. The minimum absolute atomic E-state index is 0.0295. The summed E-state index contributed by atoms with van der Waals surface area (Å²) in [6, 6.07) is 23.0. The lowest BCUT2D eigenvalue weighted by Gasteiger charge is -2.14. The van der Waals surface area contributed by atoms with E-state index >= 15 is 0 Å². The van der Waals surface area contributed by atoms with E-state index in [1.165, 1.54) is 4.90 Å². The lowest BCUT2D eigenvalue weighted by atomic mass is 10.1. The van der Waals surface area contributed by atoms with Crippen molar-refractivity contribution in [2.24, 2.45) is 0 Å². The van der Waals surface area contributed by atoms with Crippen LogP contribution in [0.15, 0.2) is 77.7 Å². The first-order valence-electron chi connectivity index (χ1n) is 12.1. The van der Waals surface area contributed by atoms with Gasteiger partial charge in [0.1, 0.15) is 6.61 Å². The third-order valence-electron chi connectivity index (χ3n) is 6.49. The first-order chi connectivity index (χ1) is 19.0. The smallest absolute Gasteiger partial charge is 0.293 e. The van der Waals surface area contributed by atoms with Crippen molar-refractivity contribution in [2.45, 2.75) is 13.2 Å². The maximum Gasteiger partial charge on any atom is 0.293 e. The normalized spacial score (nSPS) is 15.4. The molecule has 39 heavy (non-hydrogen) atoms. The molecule has 0 spiro atoms. The van der Waals surface area contributed by atoms with Gasteiger partial charge in [-0.25, -0.2) is 0 Å². The molecule has 6 rings (SSSR count). The molecule has 0 bridgehead atoms. The zero-order valence-corrected chi connectivity index (χ0v) is 22.4. The van der Waals surface area contributed by atoms with Crippen molar-refractivity contribution in [3.8, 4) is 23.0 Å². The number of imide groups is 1. The van der Waals surface area contributed by atoms with Crippen LogP contribution in [0, 0.1) is 0 Å². The molecule has 0 unspecified atom stereocenters. The Kier molecular flexibility index (Phi) is 6.81. The average molecular weight is 560 g/mol. The SMILES string of the molecule is COc1cc(/C=C2\SC(=O)N(Cc3cc4c(cc3Cl)OCO4)C2=O)ccc1OCc1cccc2ccccc12. The molecule has 0 aromatic heterocycles. The molecule has 2 aliphatic rings. The monoisotopic (exact) mass is 559 g/mol. The molecule has 1 saturated heterocycles. The predicted octanol–water partition coefficient (Wildman–Crippen LogP) is 7.05. The Morgan fingerprint density at radius 1 is 0.949 bits per heavy atom. The quantitative estimate of drug-likeness (QED) is 0.225. The van der Waals surface area contributed by atoms with Gasteiger partial charge in [-0.3, -0.25) is 14.5 Å². The van der Waals surface area contributed by atoms with Crippen LogP contribution in [-0.4, -0.2) is 29.9 Å². The van der Waals surface area contributed by atoms with Gasteiger partial charge < -0.3 is 18.9 Å². The van der Waals surface area contributed by atoms with Crippen molar-refractivity contribution in [3.63, 3.8) is 0 Å². The first kappa shape index (κ1) is 25.2. The van der Waals surface area contributed by atoms with Crippen LogP contribution < -0.4 is 18.9 Å². The maximum absolute atomic E-state index is 13.1. The van der Waals surface area contributed by atoms with Gasteiger partial charge in [0, 0.05) is 11.1 Å². The van der Waals surface area contributed by atoms with Gasteiger partial charge in [0.25, 0.3) is 11.1 Å². The van der Waals surface area contributed by atoms with Crippen LogP contribution in [0.4, 0.5) is 4.79 Å². The largest absolute Gasteiger partial charge is 0.493 e.